The molecular weight excluding hydrogens is 258 g/mol. The molecule has 0 unspecified atom stereocenters. The predicted octanol–water partition coefficient (Wildman–Crippen LogP) is 4.40. The van der Waals surface area contributed by atoms with E-state index in [1.165, 1.54) is 0 Å². The van der Waals surface area contributed by atoms with Gasteiger partial charge in [0.05, 0.1) is 0 Å². The molecule has 0 aliphatic rings. The summed E-state index contributed by atoms with van der Waals surface area (Å²) in [6, 6.07) is 10.1. The van der Waals surface area contributed by atoms with E-state index in [1.807, 2.05) is 31.2 Å². The van der Waals surface area contributed by atoms with Crippen LogP contribution in [0.5, 0.6) is 0 Å². The van der Waals surface area contributed by atoms with Crippen molar-refractivity contribution in [1.29, 1.82) is 0 Å². The third-order valence-corrected chi connectivity index (χ3v) is 3.55. The number of hydrogen-bond donors (Lipinski definition) is 0. The highest BCUT2D eigenvalue weighted by Crippen LogP contribution is 2.27. The molecule has 2 rings (SSSR count). The minimum atomic E-state index is 0.781. The Morgan fingerprint density at radius 1 is 1.16 bits per heavy atom. The smallest absolute Gasteiger partial charge is 0.134 e. The number of halogens is 1. The Balaban J connectivity index is 2.05. The maximum atomic E-state index is 6.14. The Kier molecular flexibility index (Phi) is 4.67. The van der Waals surface area contributed by atoms with Crippen molar-refractivity contribution in [2.45, 2.75) is 19.8 Å². The first-order valence-corrected chi connectivity index (χ1v) is 6.94. The summed E-state index contributed by atoms with van der Waals surface area (Å²) >= 11 is 6.14. The molecule has 102 valence electrons. The summed E-state index contributed by atoms with van der Waals surface area (Å²) in [5, 5.41) is 0.781. The van der Waals surface area contributed by atoms with Crippen LogP contribution in [0.1, 0.15) is 17.7 Å². The van der Waals surface area contributed by atoms with Crippen LogP contribution in [-0.4, -0.2) is 25.5 Å². The quantitative estimate of drug-likeness (QED) is 0.805. The van der Waals surface area contributed by atoms with E-state index in [0.29, 0.717) is 0 Å². The Morgan fingerprint density at radius 3 is 2.63 bits per heavy atom. The second-order valence-electron chi connectivity index (χ2n) is 5.14. The Hall–Kier alpha value is -1.25. The van der Waals surface area contributed by atoms with Crippen LogP contribution >= 0.6 is 11.6 Å². The van der Waals surface area contributed by atoms with Crippen molar-refractivity contribution in [3.05, 3.63) is 46.7 Å². The van der Waals surface area contributed by atoms with Gasteiger partial charge in [-0.05, 0) is 57.7 Å². The van der Waals surface area contributed by atoms with Crippen LogP contribution in [0.25, 0.3) is 11.3 Å². The molecular formula is C16H20ClNO. The molecule has 1 heterocycles. The molecule has 0 saturated carbocycles. The van der Waals surface area contributed by atoms with Gasteiger partial charge < -0.3 is 9.32 Å². The van der Waals surface area contributed by atoms with Gasteiger partial charge in [-0.1, -0.05) is 23.7 Å². The third kappa shape index (κ3) is 3.85. The normalized spacial score (nSPS) is 11.2. The second kappa shape index (κ2) is 6.27. The Bertz CT molecular complexity index is 545. The number of nitrogens with zero attached hydrogens (tertiary/aromatic N) is 1. The van der Waals surface area contributed by atoms with E-state index in [-0.39, 0.29) is 0 Å². The van der Waals surface area contributed by atoms with Crippen LogP contribution in [0.2, 0.25) is 5.02 Å². The van der Waals surface area contributed by atoms with Gasteiger partial charge in [0.2, 0.25) is 0 Å². The van der Waals surface area contributed by atoms with Gasteiger partial charge in [-0.15, -0.1) is 0 Å². The first kappa shape index (κ1) is 14.2. The largest absolute Gasteiger partial charge is 0.461 e. The van der Waals surface area contributed by atoms with Crippen molar-refractivity contribution in [2.24, 2.45) is 0 Å². The highest BCUT2D eigenvalue weighted by molar-refractivity contribution is 6.31. The van der Waals surface area contributed by atoms with Gasteiger partial charge in [0.1, 0.15) is 11.5 Å². The van der Waals surface area contributed by atoms with Gasteiger partial charge in [0.25, 0.3) is 0 Å². The molecule has 0 N–H and O–H groups in total. The number of furan rings is 1. The van der Waals surface area contributed by atoms with Crippen LogP contribution in [0, 0.1) is 6.92 Å². The Labute approximate surface area is 120 Å². The van der Waals surface area contributed by atoms with Crippen molar-refractivity contribution in [3.8, 4) is 11.3 Å². The zero-order chi connectivity index (χ0) is 13.8. The standard InChI is InChI=1S/C16H20ClNO/c1-12-6-7-13(11-15(12)17)16-9-8-14(19-16)5-4-10-18(2)3/h6-9,11H,4-5,10H2,1-3H3. The lowest BCUT2D eigenvalue weighted by atomic mass is 10.1. The van der Waals surface area contributed by atoms with Gasteiger partial charge in [0.15, 0.2) is 0 Å². The van der Waals surface area contributed by atoms with Gasteiger partial charge in [-0.3, -0.25) is 0 Å². The zero-order valence-electron chi connectivity index (χ0n) is 11.7. The molecule has 0 radical (unpaired) electrons. The SMILES string of the molecule is Cc1ccc(-c2ccc(CCCN(C)C)o2)cc1Cl. The lowest BCUT2D eigenvalue weighted by molar-refractivity contribution is 0.390. The van der Waals surface area contributed by atoms with Crippen molar-refractivity contribution in [1.82, 2.24) is 4.90 Å². The molecule has 1 aromatic carbocycles. The van der Waals surface area contributed by atoms with Crippen molar-refractivity contribution < 1.29 is 4.42 Å². The summed E-state index contributed by atoms with van der Waals surface area (Å²) in [6.45, 7) is 3.08. The highest BCUT2D eigenvalue weighted by atomic mass is 35.5. The molecule has 0 spiro atoms. The summed E-state index contributed by atoms with van der Waals surface area (Å²) in [6.07, 6.45) is 2.08. The van der Waals surface area contributed by atoms with Crippen LogP contribution in [0.15, 0.2) is 34.7 Å². The minimum Gasteiger partial charge on any atom is -0.461 e. The summed E-state index contributed by atoms with van der Waals surface area (Å²) in [5.41, 5.74) is 2.12. The lowest BCUT2D eigenvalue weighted by Crippen LogP contribution is -2.13. The van der Waals surface area contributed by atoms with Crippen LogP contribution in [-0.2, 0) is 6.42 Å². The molecule has 2 aromatic rings. The fourth-order valence-corrected chi connectivity index (χ4v) is 2.16. The summed E-state index contributed by atoms with van der Waals surface area (Å²) in [7, 11) is 4.17. The molecule has 0 aliphatic heterocycles. The Morgan fingerprint density at radius 2 is 1.95 bits per heavy atom. The lowest BCUT2D eigenvalue weighted by Gasteiger charge is -2.07. The van der Waals surface area contributed by atoms with Crippen molar-refractivity contribution in [2.75, 3.05) is 20.6 Å². The molecule has 19 heavy (non-hydrogen) atoms. The third-order valence-electron chi connectivity index (χ3n) is 3.15. The first-order valence-electron chi connectivity index (χ1n) is 6.56. The highest BCUT2D eigenvalue weighted by Gasteiger charge is 2.06. The fourth-order valence-electron chi connectivity index (χ4n) is 1.98. The molecule has 0 saturated heterocycles. The molecule has 0 bridgehead atoms. The maximum Gasteiger partial charge on any atom is 0.134 e. The summed E-state index contributed by atoms with van der Waals surface area (Å²) in [4.78, 5) is 2.18. The minimum absolute atomic E-state index is 0.781. The van der Waals surface area contributed by atoms with Gasteiger partial charge >= 0.3 is 0 Å². The van der Waals surface area contributed by atoms with E-state index in [2.05, 4.69) is 25.1 Å². The fraction of sp³-hybridized carbons (Fsp3) is 0.375. The van der Waals surface area contributed by atoms with E-state index in [1.54, 1.807) is 0 Å². The van der Waals surface area contributed by atoms with Crippen LogP contribution < -0.4 is 0 Å². The number of benzene rings is 1. The van der Waals surface area contributed by atoms with Crippen molar-refractivity contribution in [3.63, 3.8) is 0 Å². The van der Waals surface area contributed by atoms with Crippen molar-refractivity contribution >= 4 is 11.6 Å². The monoisotopic (exact) mass is 277 g/mol. The average molecular weight is 278 g/mol. The topological polar surface area (TPSA) is 16.4 Å². The molecule has 0 amide bonds. The number of aryl methyl sites for hydroxylation is 2. The van der Waals surface area contributed by atoms with Crippen LogP contribution in [0.4, 0.5) is 0 Å². The van der Waals surface area contributed by atoms with E-state index >= 15 is 0 Å². The number of rotatable bonds is 5. The molecule has 0 aliphatic carbocycles. The van der Waals surface area contributed by atoms with Gasteiger partial charge in [-0.2, -0.15) is 0 Å². The maximum absolute atomic E-state index is 6.14. The van der Waals surface area contributed by atoms with E-state index < -0.39 is 0 Å². The van der Waals surface area contributed by atoms with Gasteiger partial charge in [0, 0.05) is 17.0 Å². The van der Waals surface area contributed by atoms with E-state index in [4.69, 9.17) is 16.0 Å². The average Bonchev–Trinajstić information content (AvgIpc) is 2.81. The predicted molar refractivity (Wildman–Crippen MR) is 80.8 cm³/mol. The van der Waals surface area contributed by atoms with E-state index in [0.717, 1.165) is 47.1 Å². The molecule has 1 aromatic heterocycles. The second-order valence-corrected chi connectivity index (χ2v) is 5.54. The zero-order valence-corrected chi connectivity index (χ0v) is 12.5. The molecule has 3 heteroatoms. The molecule has 2 nitrogen and oxygen atoms in total. The molecule has 0 atom stereocenters. The number of hydrogen-bond acceptors (Lipinski definition) is 2. The van der Waals surface area contributed by atoms with Gasteiger partial charge in [-0.25, -0.2) is 0 Å². The molecule has 0 fully saturated rings. The van der Waals surface area contributed by atoms with E-state index in [9.17, 15) is 0 Å². The summed E-state index contributed by atoms with van der Waals surface area (Å²) < 4.78 is 5.87. The first-order chi connectivity index (χ1) is 9.06. The summed E-state index contributed by atoms with van der Waals surface area (Å²) in [5.74, 6) is 1.93. The van der Waals surface area contributed by atoms with Crippen LogP contribution in [0.3, 0.4) is 0 Å².